The molecule has 0 aromatic rings. The number of alkyl halides is 1. The Morgan fingerprint density at radius 2 is 2.00 bits per heavy atom. The van der Waals surface area contributed by atoms with E-state index in [9.17, 15) is 0 Å². The van der Waals surface area contributed by atoms with E-state index in [4.69, 9.17) is 16.3 Å². The van der Waals surface area contributed by atoms with Crippen LogP contribution in [0, 0.1) is 17.3 Å². The van der Waals surface area contributed by atoms with Gasteiger partial charge in [0.2, 0.25) is 0 Å². The van der Waals surface area contributed by atoms with Gasteiger partial charge in [-0.2, -0.15) is 0 Å². The van der Waals surface area contributed by atoms with Crippen molar-refractivity contribution in [3.05, 3.63) is 0 Å². The quantitative estimate of drug-likeness (QED) is 0.652. The number of halogens is 1. The third-order valence-electron chi connectivity index (χ3n) is 4.53. The van der Waals surface area contributed by atoms with Crippen LogP contribution in [0.5, 0.6) is 0 Å². The van der Waals surface area contributed by atoms with Crippen LogP contribution >= 0.6 is 11.6 Å². The van der Waals surface area contributed by atoms with Gasteiger partial charge in [-0.15, -0.1) is 11.6 Å². The van der Waals surface area contributed by atoms with Crippen molar-refractivity contribution in [2.45, 2.75) is 52.1 Å². The number of hydrogen-bond donors (Lipinski definition) is 0. The second-order valence-electron chi connectivity index (χ2n) is 5.26. The summed E-state index contributed by atoms with van der Waals surface area (Å²) in [5.74, 6) is 2.37. The number of rotatable bonds is 5. The fraction of sp³-hybridized carbons (Fsp3) is 1.00. The Hall–Kier alpha value is 0.250. The molecule has 2 aliphatic rings. The smallest absolute Gasteiger partial charge is 0.0674 e. The zero-order chi connectivity index (χ0) is 10.9. The van der Waals surface area contributed by atoms with Crippen molar-refractivity contribution < 1.29 is 4.74 Å². The molecule has 1 heterocycles. The molecule has 1 saturated heterocycles. The van der Waals surface area contributed by atoms with E-state index >= 15 is 0 Å². The van der Waals surface area contributed by atoms with E-state index in [0.29, 0.717) is 11.5 Å². The normalized spacial score (nSPS) is 36.4. The first-order valence-electron chi connectivity index (χ1n) is 6.46. The summed E-state index contributed by atoms with van der Waals surface area (Å²) in [4.78, 5) is 0. The second-order valence-corrected chi connectivity index (χ2v) is 5.53. The minimum atomic E-state index is 0.298. The maximum absolute atomic E-state index is 6.30. The van der Waals surface area contributed by atoms with Gasteiger partial charge in [0.25, 0.3) is 0 Å². The zero-order valence-corrected chi connectivity index (χ0v) is 10.7. The molecule has 0 radical (unpaired) electrons. The van der Waals surface area contributed by atoms with E-state index in [0.717, 1.165) is 24.3 Å². The minimum absolute atomic E-state index is 0.298. The van der Waals surface area contributed by atoms with Crippen molar-refractivity contribution in [2.24, 2.45) is 17.3 Å². The monoisotopic (exact) mass is 230 g/mol. The summed E-state index contributed by atoms with van der Waals surface area (Å²) in [5.41, 5.74) is 0.298. The van der Waals surface area contributed by atoms with Crippen molar-refractivity contribution in [3.63, 3.8) is 0 Å². The van der Waals surface area contributed by atoms with Gasteiger partial charge in [0.05, 0.1) is 6.10 Å². The van der Waals surface area contributed by atoms with Gasteiger partial charge in [0.15, 0.2) is 0 Å². The molecule has 2 heteroatoms. The lowest BCUT2D eigenvalue weighted by molar-refractivity contribution is 0.00913. The Labute approximate surface area is 98.5 Å². The summed E-state index contributed by atoms with van der Waals surface area (Å²) in [6.07, 6.45) is 6.88. The average molecular weight is 231 g/mol. The molecule has 15 heavy (non-hydrogen) atoms. The lowest BCUT2D eigenvalue weighted by atomic mass is 9.68. The molecule has 1 nitrogen and oxygen atoms in total. The summed E-state index contributed by atoms with van der Waals surface area (Å²) in [6, 6.07) is 0. The summed E-state index contributed by atoms with van der Waals surface area (Å²) >= 11 is 6.30. The van der Waals surface area contributed by atoms with Gasteiger partial charge >= 0.3 is 0 Å². The lowest BCUT2D eigenvalue weighted by Crippen LogP contribution is -2.41. The molecule has 88 valence electrons. The van der Waals surface area contributed by atoms with Crippen molar-refractivity contribution in [3.8, 4) is 0 Å². The van der Waals surface area contributed by atoms with Crippen molar-refractivity contribution in [1.29, 1.82) is 0 Å². The Kier molecular flexibility index (Phi) is 3.62. The molecular weight excluding hydrogens is 208 g/mol. The molecule has 2 atom stereocenters. The predicted octanol–water partition coefficient (Wildman–Crippen LogP) is 3.85. The maximum Gasteiger partial charge on any atom is 0.0674 e. The summed E-state index contributed by atoms with van der Waals surface area (Å²) < 4.78 is 5.98. The standard InChI is InChI=1S/C13H23ClO/c1-3-11(4-2)13(9-14)7-8-15-12(13)10-5-6-10/h10-12H,3-9H2,1-2H3. The van der Waals surface area contributed by atoms with Crippen LogP contribution in [0.25, 0.3) is 0 Å². The van der Waals surface area contributed by atoms with Crippen LogP contribution < -0.4 is 0 Å². The molecule has 0 spiro atoms. The van der Waals surface area contributed by atoms with Gasteiger partial charge in [0.1, 0.15) is 0 Å². The minimum Gasteiger partial charge on any atom is -0.377 e. The Balaban J connectivity index is 2.16. The largest absolute Gasteiger partial charge is 0.377 e. The van der Waals surface area contributed by atoms with E-state index < -0.39 is 0 Å². The molecular formula is C13H23ClO. The first kappa shape index (κ1) is 11.7. The molecule has 0 bridgehead atoms. The fourth-order valence-electron chi connectivity index (χ4n) is 3.48. The van der Waals surface area contributed by atoms with Gasteiger partial charge in [-0.3, -0.25) is 0 Å². The first-order valence-corrected chi connectivity index (χ1v) is 6.99. The second kappa shape index (κ2) is 4.63. The van der Waals surface area contributed by atoms with E-state index in [1.807, 2.05) is 0 Å². The van der Waals surface area contributed by atoms with Gasteiger partial charge < -0.3 is 4.74 Å². The van der Waals surface area contributed by atoms with E-state index in [-0.39, 0.29) is 0 Å². The van der Waals surface area contributed by atoms with E-state index in [1.165, 1.54) is 32.1 Å². The fourth-order valence-corrected chi connectivity index (χ4v) is 3.98. The number of ether oxygens (including phenoxy) is 1. The van der Waals surface area contributed by atoms with Crippen LogP contribution in [0.3, 0.4) is 0 Å². The van der Waals surface area contributed by atoms with Gasteiger partial charge in [0, 0.05) is 17.9 Å². The van der Waals surface area contributed by atoms with E-state index in [1.54, 1.807) is 0 Å². The van der Waals surface area contributed by atoms with Gasteiger partial charge in [-0.05, 0) is 31.1 Å². The average Bonchev–Trinajstić information content (AvgIpc) is 3.02. The molecule has 0 aromatic carbocycles. The first-order chi connectivity index (χ1) is 7.28. The van der Waals surface area contributed by atoms with Crippen molar-refractivity contribution in [1.82, 2.24) is 0 Å². The molecule has 1 aliphatic carbocycles. The van der Waals surface area contributed by atoms with Gasteiger partial charge in [-0.25, -0.2) is 0 Å². The third-order valence-corrected chi connectivity index (χ3v) is 5.03. The van der Waals surface area contributed by atoms with Gasteiger partial charge in [-0.1, -0.05) is 26.7 Å². The van der Waals surface area contributed by atoms with Crippen LogP contribution in [-0.2, 0) is 4.74 Å². The molecule has 0 amide bonds. The number of hydrogen-bond acceptors (Lipinski definition) is 1. The molecule has 1 aliphatic heterocycles. The topological polar surface area (TPSA) is 9.23 Å². The SMILES string of the molecule is CCC(CC)C1(CCl)CCOC1C1CC1. The highest BCUT2D eigenvalue weighted by atomic mass is 35.5. The Morgan fingerprint density at radius 1 is 1.33 bits per heavy atom. The Bertz CT molecular complexity index is 211. The predicted molar refractivity (Wildman–Crippen MR) is 64.3 cm³/mol. The molecule has 0 aromatic heterocycles. The van der Waals surface area contributed by atoms with E-state index in [2.05, 4.69) is 13.8 Å². The molecule has 2 fully saturated rings. The van der Waals surface area contributed by atoms with Crippen LogP contribution in [0.1, 0.15) is 46.0 Å². The van der Waals surface area contributed by atoms with Crippen molar-refractivity contribution >= 4 is 11.6 Å². The molecule has 0 N–H and O–H groups in total. The molecule has 2 unspecified atom stereocenters. The summed E-state index contributed by atoms with van der Waals surface area (Å²) in [6.45, 7) is 5.53. The Morgan fingerprint density at radius 3 is 2.47 bits per heavy atom. The zero-order valence-electron chi connectivity index (χ0n) is 9.97. The van der Waals surface area contributed by atoms with Crippen LogP contribution in [-0.4, -0.2) is 18.6 Å². The summed E-state index contributed by atoms with van der Waals surface area (Å²) in [5, 5.41) is 0. The maximum atomic E-state index is 6.30. The van der Waals surface area contributed by atoms with Crippen LogP contribution in [0.2, 0.25) is 0 Å². The highest BCUT2D eigenvalue weighted by Crippen LogP contribution is 2.53. The highest BCUT2D eigenvalue weighted by Gasteiger charge is 2.53. The molecule has 2 rings (SSSR count). The highest BCUT2D eigenvalue weighted by molar-refractivity contribution is 6.18. The molecule has 1 saturated carbocycles. The van der Waals surface area contributed by atoms with Crippen LogP contribution in [0.15, 0.2) is 0 Å². The third kappa shape index (κ3) is 1.93. The van der Waals surface area contributed by atoms with Crippen LogP contribution in [0.4, 0.5) is 0 Å². The van der Waals surface area contributed by atoms with Crippen molar-refractivity contribution in [2.75, 3.05) is 12.5 Å². The summed E-state index contributed by atoms with van der Waals surface area (Å²) in [7, 11) is 0. The lowest BCUT2D eigenvalue weighted by Gasteiger charge is -2.39.